The predicted molar refractivity (Wildman–Crippen MR) is 56.1 cm³/mol. The van der Waals surface area contributed by atoms with E-state index in [1.54, 1.807) is 0 Å². The Morgan fingerprint density at radius 2 is 1.83 bits per heavy atom. The van der Waals surface area contributed by atoms with E-state index in [1.807, 2.05) is 0 Å². The van der Waals surface area contributed by atoms with E-state index in [4.69, 9.17) is 28.9 Å². The van der Waals surface area contributed by atoms with Crippen molar-refractivity contribution >= 4 is 28.9 Å². The van der Waals surface area contributed by atoms with Crippen LogP contribution in [0, 0.1) is 15.9 Å². The van der Waals surface area contributed by atoms with Crippen LogP contribution in [-0.2, 0) is 0 Å². The smallest absolute Gasteiger partial charge is 0.316 e. The van der Waals surface area contributed by atoms with Gasteiger partial charge in [0.2, 0.25) is 0 Å². The van der Waals surface area contributed by atoms with Gasteiger partial charge in [0.15, 0.2) is 5.02 Å². The zero-order valence-electron chi connectivity index (χ0n) is 8.26. The Balaban J connectivity index is 3.54. The van der Waals surface area contributed by atoms with Crippen LogP contribution in [0.2, 0.25) is 10.0 Å². The summed E-state index contributed by atoms with van der Waals surface area (Å²) in [6.07, 6.45) is -4.92. The summed E-state index contributed by atoms with van der Waals surface area (Å²) in [7, 11) is 0. The third-order valence-corrected chi connectivity index (χ3v) is 2.79. The molecule has 2 N–H and O–H groups in total. The van der Waals surface area contributed by atoms with Gasteiger partial charge in [-0.2, -0.15) is 13.2 Å². The summed E-state index contributed by atoms with van der Waals surface area (Å²) >= 11 is 10.7. The fourth-order valence-corrected chi connectivity index (χ4v) is 1.77. The van der Waals surface area contributed by atoms with Gasteiger partial charge in [0.25, 0.3) is 0 Å². The first kappa shape index (κ1) is 14.9. The largest absolute Gasteiger partial charge is 0.407 e. The molecule has 0 fully saturated rings. The minimum atomic E-state index is -4.92. The van der Waals surface area contributed by atoms with E-state index in [0.717, 1.165) is 0 Å². The van der Waals surface area contributed by atoms with Crippen molar-refractivity contribution in [2.45, 2.75) is 12.2 Å². The average molecular weight is 307 g/mol. The fourth-order valence-electron chi connectivity index (χ4n) is 1.17. The van der Waals surface area contributed by atoms with Crippen molar-refractivity contribution in [1.82, 2.24) is 0 Å². The molecule has 0 amide bonds. The topological polar surface area (TPSA) is 69.2 Å². The van der Waals surface area contributed by atoms with Crippen LogP contribution in [0.1, 0.15) is 11.6 Å². The van der Waals surface area contributed by atoms with Crippen LogP contribution in [0.25, 0.3) is 0 Å². The van der Waals surface area contributed by atoms with Gasteiger partial charge in [0.05, 0.1) is 4.92 Å². The maximum absolute atomic E-state index is 13.2. The quantitative estimate of drug-likeness (QED) is 0.393. The number of nitrogens with zero attached hydrogens (tertiary/aromatic N) is 1. The van der Waals surface area contributed by atoms with Gasteiger partial charge in [0.1, 0.15) is 16.9 Å². The summed E-state index contributed by atoms with van der Waals surface area (Å²) in [5, 5.41) is 8.66. The zero-order chi connectivity index (χ0) is 14.2. The van der Waals surface area contributed by atoms with Gasteiger partial charge in [-0.25, -0.2) is 4.39 Å². The Bertz CT molecular complexity index is 507. The first-order chi connectivity index (χ1) is 8.07. The lowest BCUT2D eigenvalue weighted by atomic mass is 10.1. The number of hydrogen-bond acceptors (Lipinski definition) is 3. The third-order valence-electron chi connectivity index (χ3n) is 2.03. The summed E-state index contributed by atoms with van der Waals surface area (Å²) in [5.74, 6) is -1.40. The third kappa shape index (κ3) is 2.65. The van der Waals surface area contributed by atoms with Gasteiger partial charge in [-0.15, -0.1) is 0 Å². The van der Waals surface area contributed by atoms with Gasteiger partial charge in [0, 0.05) is 5.56 Å². The second-order valence-corrected chi connectivity index (χ2v) is 3.96. The molecule has 0 saturated carbocycles. The standard InChI is InChI=1S/C8H4Cl2F4N2O2/c9-4-2(7(15)8(12,13)14)1-3(11)5(10)6(4)16(17)18/h1,7H,15H2/t7-/m0/s1. The van der Waals surface area contributed by atoms with Crippen LogP contribution in [0.15, 0.2) is 6.07 Å². The summed E-state index contributed by atoms with van der Waals surface area (Å²) in [6, 6.07) is -2.31. The Labute approximate surface area is 107 Å². The van der Waals surface area contributed by atoms with Gasteiger partial charge >= 0.3 is 11.9 Å². The lowest BCUT2D eigenvalue weighted by molar-refractivity contribution is -0.384. The number of alkyl halides is 3. The molecule has 1 aromatic carbocycles. The summed E-state index contributed by atoms with van der Waals surface area (Å²) in [4.78, 5) is 9.39. The number of rotatable bonds is 2. The Morgan fingerprint density at radius 3 is 2.22 bits per heavy atom. The molecule has 0 aromatic heterocycles. The van der Waals surface area contributed by atoms with Crippen molar-refractivity contribution in [1.29, 1.82) is 0 Å². The van der Waals surface area contributed by atoms with Crippen molar-refractivity contribution < 1.29 is 22.5 Å². The molecular formula is C8H4Cl2F4N2O2. The molecule has 10 heteroatoms. The van der Waals surface area contributed by atoms with Crippen LogP contribution >= 0.6 is 23.2 Å². The first-order valence-electron chi connectivity index (χ1n) is 4.21. The van der Waals surface area contributed by atoms with E-state index in [1.165, 1.54) is 0 Å². The Morgan fingerprint density at radius 1 is 1.33 bits per heavy atom. The fraction of sp³-hybridized carbons (Fsp3) is 0.250. The average Bonchev–Trinajstić information content (AvgIpc) is 2.21. The van der Waals surface area contributed by atoms with Gasteiger partial charge in [-0.3, -0.25) is 10.1 Å². The minimum Gasteiger partial charge on any atom is -0.316 e. The highest BCUT2D eigenvalue weighted by Gasteiger charge is 2.41. The molecular weight excluding hydrogens is 303 g/mol. The minimum absolute atomic E-state index is 0.329. The maximum atomic E-state index is 13.2. The number of nitro groups is 1. The van der Waals surface area contributed by atoms with E-state index < -0.39 is 44.3 Å². The van der Waals surface area contributed by atoms with Crippen molar-refractivity contribution in [3.8, 4) is 0 Å². The van der Waals surface area contributed by atoms with Crippen LogP contribution in [0.3, 0.4) is 0 Å². The molecule has 18 heavy (non-hydrogen) atoms. The summed E-state index contributed by atoms with van der Waals surface area (Å²) in [5.41, 5.74) is 2.73. The van der Waals surface area contributed by atoms with E-state index >= 15 is 0 Å². The van der Waals surface area contributed by atoms with Crippen LogP contribution in [-0.4, -0.2) is 11.1 Å². The second-order valence-electron chi connectivity index (χ2n) is 3.20. The number of halogens is 6. The molecule has 1 atom stereocenters. The number of nitrogens with two attached hydrogens (primary N) is 1. The molecule has 4 nitrogen and oxygen atoms in total. The normalized spacial score (nSPS) is 13.5. The molecule has 0 heterocycles. The van der Waals surface area contributed by atoms with Crippen molar-refractivity contribution in [3.05, 3.63) is 37.6 Å². The van der Waals surface area contributed by atoms with Crippen LogP contribution in [0.5, 0.6) is 0 Å². The van der Waals surface area contributed by atoms with Crippen molar-refractivity contribution in [3.63, 3.8) is 0 Å². The van der Waals surface area contributed by atoms with Crippen molar-refractivity contribution in [2.24, 2.45) is 5.73 Å². The second kappa shape index (κ2) is 4.87. The molecule has 0 aliphatic carbocycles. The highest BCUT2D eigenvalue weighted by atomic mass is 35.5. The molecule has 0 aliphatic heterocycles. The van der Waals surface area contributed by atoms with Gasteiger partial charge < -0.3 is 5.73 Å². The molecule has 100 valence electrons. The summed E-state index contributed by atoms with van der Waals surface area (Å²) < 4.78 is 50.3. The molecule has 0 aliphatic rings. The summed E-state index contributed by atoms with van der Waals surface area (Å²) in [6.45, 7) is 0. The lowest BCUT2D eigenvalue weighted by Crippen LogP contribution is -2.29. The predicted octanol–water partition coefficient (Wildman–Crippen LogP) is 3.60. The number of nitro benzene ring substituents is 1. The SMILES string of the molecule is N[C@@H](c1cc(F)c(Cl)c([N+](=O)[O-])c1Cl)C(F)(F)F. The molecule has 1 aromatic rings. The molecule has 0 radical (unpaired) electrons. The molecule has 1 rings (SSSR count). The lowest BCUT2D eigenvalue weighted by Gasteiger charge is -2.17. The van der Waals surface area contributed by atoms with Crippen molar-refractivity contribution in [2.75, 3.05) is 0 Å². The Hall–Kier alpha value is -1.12. The molecule has 0 unspecified atom stereocenters. The van der Waals surface area contributed by atoms with E-state index in [9.17, 15) is 27.7 Å². The molecule has 0 bridgehead atoms. The zero-order valence-corrected chi connectivity index (χ0v) is 9.78. The van der Waals surface area contributed by atoms with Crippen LogP contribution in [0.4, 0.5) is 23.2 Å². The molecule has 0 spiro atoms. The van der Waals surface area contributed by atoms with Crippen LogP contribution < -0.4 is 5.73 Å². The number of hydrogen-bond donors (Lipinski definition) is 1. The first-order valence-corrected chi connectivity index (χ1v) is 4.97. The molecule has 0 saturated heterocycles. The van der Waals surface area contributed by atoms with Gasteiger partial charge in [-0.05, 0) is 6.07 Å². The highest BCUT2D eigenvalue weighted by Crippen LogP contribution is 2.42. The Kier molecular flexibility index (Phi) is 4.04. The monoisotopic (exact) mass is 306 g/mol. The van der Waals surface area contributed by atoms with E-state index in [-0.39, 0.29) is 0 Å². The number of benzene rings is 1. The van der Waals surface area contributed by atoms with E-state index in [0.29, 0.717) is 6.07 Å². The maximum Gasteiger partial charge on any atom is 0.407 e. The van der Waals surface area contributed by atoms with Gasteiger partial charge in [-0.1, -0.05) is 23.2 Å². The van der Waals surface area contributed by atoms with E-state index in [2.05, 4.69) is 0 Å². The highest BCUT2D eigenvalue weighted by molar-refractivity contribution is 6.38.